The molecule has 110 valence electrons. The van der Waals surface area contributed by atoms with E-state index in [4.69, 9.17) is 5.11 Å². The third-order valence-corrected chi connectivity index (χ3v) is 2.85. The summed E-state index contributed by atoms with van der Waals surface area (Å²) in [5.74, 6) is -1.11. The van der Waals surface area contributed by atoms with Gasteiger partial charge in [-0.1, -0.05) is 12.1 Å². The summed E-state index contributed by atoms with van der Waals surface area (Å²) in [4.78, 5) is 23.9. The zero-order valence-electron chi connectivity index (χ0n) is 11.9. The summed E-state index contributed by atoms with van der Waals surface area (Å²) in [6, 6.07) is 7.01. The lowest BCUT2D eigenvalue weighted by molar-refractivity contribution is -0.141. The highest BCUT2D eigenvalue weighted by Crippen LogP contribution is 2.14. The Hall–Kier alpha value is -2.08. The molecule has 1 aromatic carbocycles. The number of carbonyl (C=O) groups excluding carboxylic acids is 1. The summed E-state index contributed by atoms with van der Waals surface area (Å²) < 4.78 is 0. The number of aryl methyl sites for hydroxylation is 1. The molecule has 0 heterocycles. The molecule has 2 amide bonds. The van der Waals surface area contributed by atoms with Gasteiger partial charge in [0.25, 0.3) is 0 Å². The van der Waals surface area contributed by atoms with Crippen molar-refractivity contribution in [2.45, 2.75) is 25.9 Å². The number of hydrogen-bond acceptors (Lipinski definition) is 3. The van der Waals surface area contributed by atoms with Crippen molar-refractivity contribution in [2.24, 2.45) is 0 Å². The second-order valence-electron chi connectivity index (χ2n) is 5.12. The lowest BCUT2D eigenvalue weighted by atomic mass is 10.0. The molecule has 0 aromatic heterocycles. The number of urea groups is 1. The van der Waals surface area contributed by atoms with Crippen LogP contribution < -0.4 is 10.2 Å². The number of amides is 2. The molecule has 0 saturated carbocycles. The van der Waals surface area contributed by atoms with Gasteiger partial charge < -0.3 is 15.5 Å². The van der Waals surface area contributed by atoms with Crippen molar-refractivity contribution in [3.8, 4) is 0 Å². The van der Waals surface area contributed by atoms with E-state index in [1.165, 1.54) is 11.8 Å². The molecule has 1 atom stereocenters. The highest BCUT2D eigenvalue weighted by molar-refractivity contribution is 5.91. The molecule has 1 aromatic rings. The van der Waals surface area contributed by atoms with Gasteiger partial charge in [-0.15, -0.1) is 0 Å². The van der Waals surface area contributed by atoms with E-state index >= 15 is 0 Å². The fraction of sp³-hybridized carbons (Fsp3) is 0.429. The van der Waals surface area contributed by atoms with Crippen LogP contribution in [0.2, 0.25) is 0 Å². The van der Waals surface area contributed by atoms with E-state index in [9.17, 15) is 14.7 Å². The normalized spacial score (nSPS) is 13.4. The van der Waals surface area contributed by atoms with Gasteiger partial charge in [-0.2, -0.15) is 0 Å². The van der Waals surface area contributed by atoms with Crippen molar-refractivity contribution in [3.63, 3.8) is 0 Å². The number of nitrogens with one attached hydrogen (secondary N) is 1. The third kappa shape index (κ3) is 4.89. The SMILES string of the molecule is Cc1cccc(N(C)C(=O)NCC(C)(O)CC(=O)O)c1. The van der Waals surface area contributed by atoms with E-state index in [0.717, 1.165) is 11.3 Å². The van der Waals surface area contributed by atoms with Crippen LogP contribution in [0.5, 0.6) is 0 Å². The maximum Gasteiger partial charge on any atom is 0.321 e. The monoisotopic (exact) mass is 280 g/mol. The van der Waals surface area contributed by atoms with E-state index in [-0.39, 0.29) is 6.54 Å². The highest BCUT2D eigenvalue weighted by atomic mass is 16.4. The number of aliphatic hydroxyl groups is 1. The Morgan fingerprint density at radius 1 is 1.40 bits per heavy atom. The summed E-state index contributed by atoms with van der Waals surface area (Å²) in [5.41, 5.74) is 0.273. The molecule has 6 heteroatoms. The first-order valence-corrected chi connectivity index (χ1v) is 6.24. The maximum atomic E-state index is 11.9. The van der Waals surface area contributed by atoms with Crippen LogP contribution in [0.3, 0.4) is 0 Å². The Bertz CT molecular complexity index is 500. The minimum absolute atomic E-state index is 0.131. The summed E-state index contributed by atoms with van der Waals surface area (Å²) in [5, 5.41) is 21.0. The predicted molar refractivity (Wildman–Crippen MR) is 75.9 cm³/mol. The van der Waals surface area contributed by atoms with Gasteiger partial charge in [-0.25, -0.2) is 4.79 Å². The fourth-order valence-electron chi connectivity index (χ4n) is 1.73. The first-order chi connectivity index (χ1) is 9.21. The van der Waals surface area contributed by atoms with Crippen LogP contribution in [0, 0.1) is 6.92 Å². The van der Waals surface area contributed by atoms with Gasteiger partial charge in [0.15, 0.2) is 0 Å². The van der Waals surface area contributed by atoms with Crippen molar-refractivity contribution >= 4 is 17.7 Å². The quantitative estimate of drug-likeness (QED) is 0.759. The summed E-state index contributed by atoms with van der Waals surface area (Å²) in [6.07, 6.45) is -0.429. The van der Waals surface area contributed by atoms with Crippen molar-refractivity contribution < 1.29 is 19.8 Å². The zero-order chi connectivity index (χ0) is 15.3. The number of aliphatic carboxylic acids is 1. The minimum atomic E-state index is -1.48. The van der Waals surface area contributed by atoms with E-state index in [1.54, 1.807) is 13.1 Å². The number of carboxylic acids is 1. The summed E-state index contributed by atoms with van der Waals surface area (Å²) in [6.45, 7) is 3.16. The van der Waals surface area contributed by atoms with Crippen LogP contribution in [0.25, 0.3) is 0 Å². The number of carboxylic acid groups (broad SMARTS) is 1. The van der Waals surface area contributed by atoms with Crippen LogP contribution in [0.15, 0.2) is 24.3 Å². The van der Waals surface area contributed by atoms with Crippen LogP contribution >= 0.6 is 0 Å². The van der Waals surface area contributed by atoms with Crippen molar-refractivity contribution in [2.75, 3.05) is 18.5 Å². The van der Waals surface area contributed by atoms with Gasteiger partial charge >= 0.3 is 12.0 Å². The molecule has 0 aliphatic heterocycles. The molecule has 1 unspecified atom stereocenters. The largest absolute Gasteiger partial charge is 0.481 e. The summed E-state index contributed by atoms with van der Waals surface area (Å²) >= 11 is 0. The zero-order valence-corrected chi connectivity index (χ0v) is 11.9. The Balaban J connectivity index is 2.61. The molecule has 0 spiro atoms. The van der Waals surface area contributed by atoms with Gasteiger partial charge in [0.2, 0.25) is 0 Å². The van der Waals surface area contributed by atoms with Crippen LogP contribution in [0.4, 0.5) is 10.5 Å². The third-order valence-electron chi connectivity index (χ3n) is 2.85. The van der Waals surface area contributed by atoms with Crippen molar-refractivity contribution in [1.82, 2.24) is 5.32 Å². The second kappa shape index (κ2) is 6.38. The van der Waals surface area contributed by atoms with Crippen LogP contribution in [-0.2, 0) is 4.79 Å². The molecule has 1 rings (SSSR count). The molecule has 0 fully saturated rings. The molecule has 3 N–H and O–H groups in total. The molecule has 20 heavy (non-hydrogen) atoms. The summed E-state index contributed by atoms with van der Waals surface area (Å²) in [7, 11) is 1.61. The predicted octanol–water partition coefficient (Wildman–Crippen LogP) is 1.37. The molecule has 0 aliphatic rings. The Labute approximate surface area is 118 Å². The van der Waals surface area contributed by atoms with E-state index in [1.807, 2.05) is 25.1 Å². The minimum Gasteiger partial charge on any atom is -0.481 e. The Morgan fingerprint density at radius 3 is 2.60 bits per heavy atom. The van der Waals surface area contributed by atoms with Crippen molar-refractivity contribution in [3.05, 3.63) is 29.8 Å². The van der Waals surface area contributed by atoms with Crippen LogP contribution in [0.1, 0.15) is 18.9 Å². The molecule has 0 saturated heterocycles. The van der Waals surface area contributed by atoms with Gasteiger partial charge in [0.05, 0.1) is 12.0 Å². The number of benzene rings is 1. The Kier molecular flexibility index (Phi) is 5.10. The van der Waals surface area contributed by atoms with Gasteiger partial charge in [-0.3, -0.25) is 9.69 Å². The lowest BCUT2D eigenvalue weighted by Gasteiger charge is -2.24. The number of rotatable bonds is 5. The van der Waals surface area contributed by atoms with E-state index in [0.29, 0.717) is 0 Å². The van der Waals surface area contributed by atoms with E-state index < -0.39 is 24.0 Å². The van der Waals surface area contributed by atoms with E-state index in [2.05, 4.69) is 5.32 Å². The average Bonchev–Trinajstić information content (AvgIpc) is 2.33. The molecule has 6 nitrogen and oxygen atoms in total. The van der Waals surface area contributed by atoms with Gasteiger partial charge in [0, 0.05) is 19.3 Å². The number of anilines is 1. The van der Waals surface area contributed by atoms with Gasteiger partial charge in [0.1, 0.15) is 0 Å². The standard InChI is InChI=1S/C14H20N2O4/c1-10-5-4-6-11(7-10)16(3)13(19)15-9-14(2,20)8-12(17)18/h4-7,20H,8-9H2,1-3H3,(H,15,19)(H,17,18). The number of nitrogens with zero attached hydrogens (tertiary/aromatic N) is 1. The first kappa shape index (κ1) is 16.0. The Morgan fingerprint density at radius 2 is 2.05 bits per heavy atom. The first-order valence-electron chi connectivity index (χ1n) is 6.24. The smallest absolute Gasteiger partial charge is 0.321 e. The maximum absolute atomic E-state index is 11.9. The molecule has 0 radical (unpaired) electrons. The van der Waals surface area contributed by atoms with Crippen molar-refractivity contribution in [1.29, 1.82) is 0 Å². The molecular weight excluding hydrogens is 260 g/mol. The lowest BCUT2D eigenvalue weighted by Crippen LogP contribution is -2.46. The molecule has 0 bridgehead atoms. The fourth-order valence-corrected chi connectivity index (χ4v) is 1.73. The molecule has 0 aliphatic carbocycles. The average molecular weight is 280 g/mol. The molecular formula is C14H20N2O4. The second-order valence-corrected chi connectivity index (χ2v) is 5.12. The van der Waals surface area contributed by atoms with Gasteiger partial charge in [-0.05, 0) is 31.5 Å². The van der Waals surface area contributed by atoms with Crippen LogP contribution in [-0.4, -0.2) is 41.4 Å². The number of carbonyl (C=O) groups is 2. The topological polar surface area (TPSA) is 89.9 Å². The number of hydrogen-bond donors (Lipinski definition) is 3. The highest BCUT2D eigenvalue weighted by Gasteiger charge is 2.25.